The fraction of sp³-hybridized carbons (Fsp3) is 0.467. The number of nitro groups is 1. The Morgan fingerprint density at radius 2 is 2.19 bits per heavy atom. The number of nitrogens with zero attached hydrogens (tertiary/aromatic N) is 2. The first-order valence-corrected chi connectivity index (χ1v) is 7.40. The monoisotopic (exact) mass is 309 g/mol. The molecule has 1 aromatic rings. The van der Waals surface area contributed by atoms with Crippen molar-refractivity contribution in [2.24, 2.45) is 0 Å². The van der Waals surface area contributed by atoms with Crippen LogP contribution in [0.25, 0.3) is 0 Å². The smallest absolute Gasteiger partial charge is 0.269 e. The van der Waals surface area contributed by atoms with E-state index in [2.05, 4.69) is 16.8 Å². The molecule has 1 saturated heterocycles. The molecule has 1 N–H and O–H groups in total. The SMILES string of the molecule is C=C(C)C[C@H](c1cc([N+](=O)[O-])ccc1Cl)N1CCNCC1. The largest absolute Gasteiger partial charge is 0.314 e. The molecule has 0 saturated carbocycles. The molecular formula is C15H20ClN3O2. The maximum atomic E-state index is 11.0. The lowest BCUT2D eigenvalue weighted by atomic mass is 9.97. The minimum atomic E-state index is -0.380. The van der Waals surface area contributed by atoms with Crippen molar-refractivity contribution in [1.29, 1.82) is 0 Å². The van der Waals surface area contributed by atoms with E-state index in [1.807, 2.05) is 6.92 Å². The van der Waals surface area contributed by atoms with E-state index in [-0.39, 0.29) is 16.7 Å². The van der Waals surface area contributed by atoms with Gasteiger partial charge >= 0.3 is 0 Å². The molecule has 0 spiro atoms. The number of hydrogen-bond acceptors (Lipinski definition) is 4. The molecule has 0 radical (unpaired) electrons. The van der Waals surface area contributed by atoms with Gasteiger partial charge in [-0.25, -0.2) is 0 Å². The zero-order valence-corrected chi connectivity index (χ0v) is 12.9. The Hall–Kier alpha value is -1.43. The highest BCUT2D eigenvalue weighted by Crippen LogP contribution is 2.34. The van der Waals surface area contributed by atoms with E-state index in [1.54, 1.807) is 12.1 Å². The number of nitrogens with one attached hydrogen (secondary N) is 1. The van der Waals surface area contributed by atoms with E-state index >= 15 is 0 Å². The summed E-state index contributed by atoms with van der Waals surface area (Å²) in [6, 6.07) is 4.69. The van der Waals surface area contributed by atoms with Crippen LogP contribution in [-0.2, 0) is 0 Å². The predicted octanol–water partition coefficient (Wildman–Crippen LogP) is 3.16. The number of nitro benzene ring substituents is 1. The van der Waals surface area contributed by atoms with Gasteiger partial charge in [0.15, 0.2) is 0 Å². The molecule has 1 heterocycles. The van der Waals surface area contributed by atoms with Crippen molar-refractivity contribution >= 4 is 17.3 Å². The highest BCUT2D eigenvalue weighted by atomic mass is 35.5. The lowest BCUT2D eigenvalue weighted by Gasteiger charge is -2.35. The Balaban J connectivity index is 2.36. The van der Waals surface area contributed by atoms with Crippen LogP contribution < -0.4 is 5.32 Å². The first kappa shape index (κ1) is 15.9. The van der Waals surface area contributed by atoms with Crippen LogP contribution in [0.15, 0.2) is 30.4 Å². The van der Waals surface area contributed by atoms with E-state index in [1.165, 1.54) is 6.07 Å². The molecule has 1 aromatic carbocycles. The molecule has 0 bridgehead atoms. The predicted molar refractivity (Wildman–Crippen MR) is 84.7 cm³/mol. The summed E-state index contributed by atoms with van der Waals surface area (Å²) in [7, 11) is 0. The normalized spacial score (nSPS) is 17.4. The number of halogens is 1. The van der Waals surface area contributed by atoms with Crippen LogP contribution in [-0.4, -0.2) is 36.0 Å². The van der Waals surface area contributed by atoms with Crippen molar-refractivity contribution in [2.45, 2.75) is 19.4 Å². The second-order valence-corrected chi connectivity index (χ2v) is 5.83. The average molecular weight is 310 g/mol. The third-order valence-electron chi connectivity index (χ3n) is 3.68. The molecule has 0 amide bonds. The Morgan fingerprint density at radius 1 is 1.52 bits per heavy atom. The fourth-order valence-electron chi connectivity index (χ4n) is 2.66. The van der Waals surface area contributed by atoms with Crippen LogP contribution in [0.4, 0.5) is 5.69 Å². The molecule has 1 aliphatic rings. The molecule has 0 aliphatic carbocycles. The van der Waals surface area contributed by atoms with E-state index in [4.69, 9.17) is 11.6 Å². The quantitative estimate of drug-likeness (QED) is 0.515. The van der Waals surface area contributed by atoms with Gasteiger partial charge in [-0.1, -0.05) is 17.2 Å². The first-order chi connectivity index (χ1) is 9.99. The van der Waals surface area contributed by atoms with Gasteiger partial charge in [-0.3, -0.25) is 15.0 Å². The number of rotatable bonds is 5. The Kier molecular flexibility index (Phi) is 5.33. The van der Waals surface area contributed by atoms with Gasteiger partial charge < -0.3 is 5.32 Å². The summed E-state index contributed by atoms with van der Waals surface area (Å²) in [5.41, 5.74) is 1.94. The van der Waals surface area contributed by atoms with Gasteiger partial charge in [-0.2, -0.15) is 0 Å². The number of piperazine rings is 1. The summed E-state index contributed by atoms with van der Waals surface area (Å²) < 4.78 is 0. The van der Waals surface area contributed by atoms with Gasteiger partial charge in [0.25, 0.3) is 5.69 Å². The highest BCUT2D eigenvalue weighted by Gasteiger charge is 2.25. The zero-order chi connectivity index (χ0) is 15.4. The molecule has 1 atom stereocenters. The van der Waals surface area contributed by atoms with Crippen LogP contribution in [0.1, 0.15) is 24.9 Å². The molecule has 1 fully saturated rings. The fourth-order valence-corrected chi connectivity index (χ4v) is 2.90. The molecule has 0 unspecified atom stereocenters. The summed E-state index contributed by atoms with van der Waals surface area (Å²) in [5.74, 6) is 0. The maximum absolute atomic E-state index is 11.0. The highest BCUT2D eigenvalue weighted by molar-refractivity contribution is 6.31. The van der Waals surface area contributed by atoms with Crippen LogP contribution in [0.5, 0.6) is 0 Å². The Labute approximate surface area is 129 Å². The van der Waals surface area contributed by atoms with Gasteiger partial charge in [-0.05, 0) is 25.0 Å². The lowest BCUT2D eigenvalue weighted by molar-refractivity contribution is -0.385. The summed E-state index contributed by atoms with van der Waals surface area (Å²) in [4.78, 5) is 12.9. The lowest BCUT2D eigenvalue weighted by Crippen LogP contribution is -2.45. The third-order valence-corrected chi connectivity index (χ3v) is 4.03. The van der Waals surface area contributed by atoms with Crippen LogP contribution in [0.2, 0.25) is 5.02 Å². The molecule has 114 valence electrons. The third kappa shape index (κ3) is 4.03. The van der Waals surface area contributed by atoms with Gasteiger partial charge in [-0.15, -0.1) is 6.58 Å². The molecular weight excluding hydrogens is 290 g/mol. The minimum absolute atomic E-state index is 0.0389. The standard InChI is InChI=1S/C15H20ClN3O2/c1-11(2)9-15(18-7-5-17-6-8-18)13-10-12(19(20)21)3-4-14(13)16/h3-4,10,15,17H,1,5-9H2,2H3/t15-/m1/s1. The van der Waals surface area contributed by atoms with Gasteiger partial charge in [0, 0.05) is 49.4 Å². The molecule has 0 aromatic heterocycles. The molecule has 2 rings (SSSR count). The summed E-state index contributed by atoms with van der Waals surface area (Å²) in [6.07, 6.45) is 0.751. The second-order valence-electron chi connectivity index (χ2n) is 5.43. The molecule has 1 aliphatic heterocycles. The van der Waals surface area contributed by atoms with Crippen molar-refractivity contribution < 1.29 is 4.92 Å². The average Bonchev–Trinajstić information content (AvgIpc) is 2.46. The molecule has 5 nitrogen and oxygen atoms in total. The number of non-ortho nitro benzene ring substituents is 1. The maximum Gasteiger partial charge on any atom is 0.269 e. The van der Waals surface area contributed by atoms with Gasteiger partial charge in [0.2, 0.25) is 0 Å². The van der Waals surface area contributed by atoms with E-state index in [0.717, 1.165) is 43.7 Å². The van der Waals surface area contributed by atoms with Gasteiger partial charge in [0.05, 0.1) is 4.92 Å². The van der Waals surface area contributed by atoms with E-state index < -0.39 is 0 Å². The second kappa shape index (κ2) is 7.02. The van der Waals surface area contributed by atoms with Crippen molar-refractivity contribution in [3.05, 3.63) is 51.1 Å². The van der Waals surface area contributed by atoms with Crippen LogP contribution in [0, 0.1) is 10.1 Å². The Bertz CT molecular complexity index is 542. The van der Waals surface area contributed by atoms with Crippen molar-refractivity contribution in [1.82, 2.24) is 10.2 Å². The summed E-state index contributed by atoms with van der Waals surface area (Å²) >= 11 is 6.30. The summed E-state index contributed by atoms with van der Waals surface area (Å²) in [5, 5.41) is 14.9. The van der Waals surface area contributed by atoms with E-state index in [0.29, 0.717) is 5.02 Å². The first-order valence-electron chi connectivity index (χ1n) is 7.02. The number of benzene rings is 1. The van der Waals surface area contributed by atoms with Crippen molar-refractivity contribution in [3.63, 3.8) is 0 Å². The minimum Gasteiger partial charge on any atom is -0.314 e. The molecule has 21 heavy (non-hydrogen) atoms. The molecule has 6 heteroatoms. The summed E-state index contributed by atoms with van der Waals surface area (Å²) in [6.45, 7) is 9.59. The van der Waals surface area contributed by atoms with Crippen molar-refractivity contribution in [2.75, 3.05) is 26.2 Å². The zero-order valence-electron chi connectivity index (χ0n) is 12.1. The van der Waals surface area contributed by atoms with Gasteiger partial charge in [0.1, 0.15) is 0 Å². The van der Waals surface area contributed by atoms with Crippen LogP contribution >= 0.6 is 11.6 Å². The van der Waals surface area contributed by atoms with Crippen LogP contribution in [0.3, 0.4) is 0 Å². The Morgan fingerprint density at radius 3 is 2.76 bits per heavy atom. The van der Waals surface area contributed by atoms with E-state index in [9.17, 15) is 10.1 Å². The topological polar surface area (TPSA) is 58.4 Å². The number of hydrogen-bond donors (Lipinski definition) is 1. The van der Waals surface area contributed by atoms with Crippen molar-refractivity contribution in [3.8, 4) is 0 Å².